The van der Waals surface area contributed by atoms with E-state index in [1.165, 1.54) is 17.5 Å². The second-order valence-electron chi connectivity index (χ2n) is 9.44. The van der Waals surface area contributed by atoms with Gasteiger partial charge in [-0.3, -0.25) is 14.2 Å². The molecule has 0 atom stereocenters. The zero-order chi connectivity index (χ0) is 21.2. The molecule has 0 unspecified atom stereocenters. The van der Waals surface area contributed by atoms with E-state index in [2.05, 4.69) is 27.8 Å². The van der Waals surface area contributed by atoms with Crippen LogP contribution in [0.2, 0.25) is 5.02 Å². The smallest absolute Gasteiger partial charge is 0.282 e. The minimum Gasteiger partial charge on any atom is -0.300 e. The van der Waals surface area contributed by atoms with Gasteiger partial charge >= 0.3 is 0 Å². The quantitative estimate of drug-likeness (QED) is 0.486. The Morgan fingerprint density at radius 3 is 2.55 bits per heavy atom. The summed E-state index contributed by atoms with van der Waals surface area (Å²) in [6.07, 6.45) is 8.80. The fourth-order valence-corrected chi connectivity index (χ4v) is 6.47. The molecular weight excluding hydrogens is 408 g/mol. The Morgan fingerprint density at radius 1 is 1.00 bits per heavy atom. The summed E-state index contributed by atoms with van der Waals surface area (Å²) in [5.74, 6) is 1.71. The van der Waals surface area contributed by atoms with Gasteiger partial charge in [-0.2, -0.15) is 4.98 Å². The third-order valence-corrected chi connectivity index (χ3v) is 8.11. The molecule has 4 nitrogen and oxygen atoms in total. The second kappa shape index (κ2) is 7.03. The molecule has 2 aliphatic carbocycles. The van der Waals surface area contributed by atoms with Crippen molar-refractivity contribution in [1.82, 2.24) is 9.55 Å². The summed E-state index contributed by atoms with van der Waals surface area (Å²) in [6.45, 7) is 0. The Labute approximate surface area is 186 Å². The molecule has 158 valence electrons. The average Bonchev–Trinajstić information content (AvgIpc) is 3.04. The fraction of sp³-hybridized carbons (Fsp3) is 0.423. The fourth-order valence-electron chi connectivity index (χ4n) is 6.22. The van der Waals surface area contributed by atoms with E-state index in [0.717, 1.165) is 55.6 Å². The number of hydrogen-bond acceptors (Lipinski definition) is 3. The van der Waals surface area contributed by atoms with Gasteiger partial charge in [0, 0.05) is 12.8 Å². The Bertz CT molecular complexity index is 1280. The predicted octanol–water partition coefficient (Wildman–Crippen LogP) is 5.83. The summed E-state index contributed by atoms with van der Waals surface area (Å²) < 4.78 is 2.19. The van der Waals surface area contributed by atoms with Gasteiger partial charge in [-0.15, -0.1) is 0 Å². The third kappa shape index (κ3) is 2.77. The first kappa shape index (κ1) is 19.2. The Hall–Kier alpha value is -2.46. The lowest BCUT2D eigenvalue weighted by atomic mass is 9.69. The van der Waals surface area contributed by atoms with Crippen LogP contribution in [0.3, 0.4) is 0 Å². The molecule has 2 aromatic carbocycles. The van der Waals surface area contributed by atoms with Gasteiger partial charge in [0.25, 0.3) is 5.56 Å². The van der Waals surface area contributed by atoms with Gasteiger partial charge in [0.1, 0.15) is 11.6 Å². The molecule has 2 fully saturated rings. The Morgan fingerprint density at radius 2 is 1.77 bits per heavy atom. The van der Waals surface area contributed by atoms with Crippen LogP contribution < -0.4 is 5.56 Å². The van der Waals surface area contributed by atoms with Crippen LogP contribution in [-0.2, 0) is 10.2 Å². The minimum atomic E-state index is -0.226. The molecule has 3 aromatic rings. The van der Waals surface area contributed by atoms with Gasteiger partial charge in [0.15, 0.2) is 0 Å². The highest BCUT2D eigenvalue weighted by molar-refractivity contribution is 6.35. The maximum absolute atomic E-state index is 13.0. The molecule has 5 heteroatoms. The number of fused-ring (bicyclic) bond motifs is 7. The van der Waals surface area contributed by atoms with E-state index in [0.29, 0.717) is 35.0 Å². The molecule has 6 rings (SSSR count). The van der Waals surface area contributed by atoms with Gasteiger partial charge in [0.05, 0.1) is 27.0 Å². The molecule has 0 bridgehead atoms. The van der Waals surface area contributed by atoms with Crippen LogP contribution in [0.1, 0.15) is 80.7 Å². The summed E-state index contributed by atoms with van der Waals surface area (Å²) in [6, 6.07) is 12.5. The van der Waals surface area contributed by atoms with Gasteiger partial charge in [-0.05, 0) is 60.9 Å². The SMILES string of the molecule is O=C1CCC(c2ccc3c(c2)C2(CCCCC2)c2nc(=O)c4c(Cl)cccc4n2-3)CC1. The van der Waals surface area contributed by atoms with Gasteiger partial charge in [-0.1, -0.05) is 49.1 Å². The Kier molecular flexibility index (Phi) is 4.36. The maximum Gasteiger partial charge on any atom is 0.282 e. The summed E-state index contributed by atoms with van der Waals surface area (Å²) >= 11 is 6.43. The summed E-state index contributed by atoms with van der Waals surface area (Å²) in [7, 11) is 0. The van der Waals surface area contributed by atoms with Gasteiger partial charge in [0.2, 0.25) is 0 Å². The van der Waals surface area contributed by atoms with Crippen molar-refractivity contribution in [3.05, 3.63) is 68.7 Å². The lowest BCUT2D eigenvalue weighted by Gasteiger charge is -2.34. The van der Waals surface area contributed by atoms with Gasteiger partial charge in [-0.25, -0.2) is 0 Å². The van der Waals surface area contributed by atoms with Crippen LogP contribution >= 0.6 is 11.6 Å². The van der Waals surface area contributed by atoms with Crippen molar-refractivity contribution in [2.24, 2.45) is 0 Å². The molecule has 1 spiro atoms. The number of ketones is 1. The molecule has 0 N–H and O–H groups in total. The third-order valence-electron chi connectivity index (χ3n) is 7.79. The summed E-state index contributed by atoms with van der Waals surface area (Å²) in [5.41, 5.74) is 4.18. The number of Topliss-reactive ketones (excluding diaryl/α,β-unsaturated/α-hetero) is 1. The maximum atomic E-state index is 13.0. The van der Waals surface area contributed by atoms with Crippen LogP contribution in [0, 0.1) is 0 Å². The molecule has 31 heavy (non-hydrogen) atoms. The first-order chi connectivity index (χ1) is 15.1. The molecular formula is C26H25ClN2O2. The predicted molar refractivity (Wildman–Crippen MR) is 122 cm³/mol. The van der Waals surface area contributed by atoms with Crippen molar-refractivity contribution < 1.29 is 4.79 Å². The van der Waals surface area contributed by atoms with Crippen LogP contribution in [0.5, 0.6) is 0 Å². The van der Waals surface area contributed by atoms with Crippen LogP contribution in [0.25, 0.3) is 16.6 Å². The number of aromatic nitrogens is 2. The minimum absolute atomic E-state index is 0.205. The standard InChI is InChI=1S/C26H25ClN2O2/c27-20-5-4-6-22-23(20)24(31)28-25-26(13-2-1-3-14-26)19-15-17(9-12-21(19)29(22)25)16-7-10-18(30)11-8-16/h4-6,9,12,15-16H,1-3,7-8,10-11,13-14H2. The highest BCUT2D eigenvalue weighted by Gasteiger charge is 2.46. The molecule has 2 heterocycles. The second-order valence-corrected chi connectivity index (χ2v) is 9.85. The number of benzene rings is 2. The van der Waals surface area contributed by atoms with Crippen molar-refractivity contribution in [1.29, 1.82) is 0 Å². The van der Waals surface area contributed by atoms with E-state index in [9.17, 15) is 9.59 Å². The highest BCUT2D eigenvalue weighted by atomic mass is 35.5. The number of nitrogens with zero attached hydrogens (tertiary/aromatic N) is 2. The molecule has 2 saturated carbocycles. The molecule has 1 aromatic heterocycles. The van der Waals surface area contributed by atoms with E-state index in [1.54, 1.807) is 6.07 Å². The highest BCUT2D eigenvalue weighted by Crippen LogP contribution is 2.52. The lowest BCUT2D eigenvalue weighted by molar-refractivity contribution is -0.120. The number of halogens is 1. The van der Waals surface area contributed by atoms with E-state index in [1.807, 2.05) is 12.1 Å². The van der Waals surface area contributed by atoms with Gasteiger partial charge < -0.3 is 0 Å². The van der Waals surface area contributed by atoms with E-state index in [4.69, 9.17) is 11.6 Å². The normalized spacial score (nSPS) is 20.2. The zero-order valence-corrected chi connectivity index (χ0v) is 18.3. The van der Waals surface area contributed by atoms with Crippen LogP contribution in [-0.4, -0.2) is 15.3 Å². The molecule has 0 saturated heterocycles. The first-order valence-electron chi connectivity index (χ1n) is 11.5. The average molecular weight is 433 g/mol. The number of hydrogen-bond donors (Lipinski definition) is 0. The Balaban J connectivity index is 1.60. The van der Waals surface area contributed by atoms with E-state index >= 15 is 0 Å². The van der Waals surface area contributed by atoms with Crippen molar-refractivity contribution >= 4 is 28.3 Å². The largest absolute Gasteiger partial charge is 0.300 e. The molecule has 3 aliphatic rings. The monoisotopic (exact) mass is 432 g/mol. The van der Waals surface area contributed by atoms with Crippen molar-refractivity contribution in [2.45, 2.75) is 69.1 Å². The zero-order valence-electron chi connectivity index (χ0n) is 17.5. The number of carbonyl (C=O) groups excluding carboxylic acids is 1. The summed E-state index contributed by atoms with van der Waals surface area (Å²) in [5, 5.41) is 0.960. The van der Waals surface area contributed by atoms with Crippen LogP contribution in [0.4, 0.5) is 0 Å². The lowest BCUT2D eigenvalue weighted by Crippen LogP contribution is -2.32. The summed E-state index contributed by atoms with van der Waals surface area (Å²) in [4.78, 5) is 29.5. The first-order valence-corrected chi connectivity index (χ1v) is 11.8. The van der Waals surface area contributed by atoms with E-state index < -0.39 is 0 Å². The number of carbonyl (C=O) groups is 1. The van der Waals surface area contributed by atoms with Crippen LogP contribution in [0.15, 0.2) is 41.2 Å². The van der Waals surface area contributed by atoms with Crippen molar-refractivity contribution in [3.8, 4) is 5.69 Å². The van der Waals surface area contributed by atoms with Crippen molar-refractivity contribution in [2.75, 3.05) is 0 Å². The molecule has 0 radical (unpaired) electrons. The topological polar surface area (TPSA) is 52.0 Å². The van der Waals surface area contributed by atoms with E-state index in [-0.39, 0.29) is 11.0 Å². The molecule has 0 amide bonds. The van der Waals surface area contributed by atoms with Crippen molar-refractivity contribution in [3.63, 3.8) is 0 Å². The molecule has 1 aliphatic heterocycles. The number of rotatable bonds is 1.